The lowest BCUT2D eigenvalue weighted by Gasteiger charge is -2.25. The Kier molecular flexibility index (Phi) is 3.80. The number of imide groups is 1. The van der Waals surface area contributed by atoms with Gasteiger partial charge in [-0.15, -0.1) is 0 Å². The lowest BCUT2D eigenvalue weighted by Crippen LogP contribution is -2.48. The first-order chi connectivity index (χ1) is 11.2. The van der Waals surface area contributed by atoms with E-state index in [1.54, 1.807) is 31.2 Å². The van der Waals surface area contributed by atoms with Crippen LogP contribution in [0.25, 0.3) is 0 Å². The van der Waals surface area contributed by atoms with Gasteiger partial charge in [-0.25, -0.2) is 13.2 Å². The van der Waals surface area contributed by atoms with Crippen molar-refractivity contribution in [3.8, 4) is 5.75 Å². The van der Waals surface area contributed by atoms with Gasteiger partial charge >= 0.3 is 6.03 Å². The molecule has 1 aromatic carbocycles. The number of carbonyl (C=O) groups is 2. The lowest BCUT2D eigenvalue weighted by atomic mass is 9.91. The Morgan fingerprint density at radius 3 is 2.38 bits per heavy atom. The molecule has 2 heterocycles. The van der Waals surface area contributed by atoms with Crippen molar-refractivity contribution < 1.29 is 27.9 Å². The average Bonchev–Trinajstić information content (AvgIpc) is 2.92. The first-order valence-corrected chi connectivity index (χ1v) is 9.19. The van der Waals surface area contributed by atoms with Crippen LogP contribution >= 0.6 is 0 Å². The third-order valence-corrected chi connectivity index (χ3v) is 6.21. The fourth-order valence-corrected chi connectivity index (χ4v) is 4.91. The first kappa shape index (κ1) is 16.7. The molecule has 24 heavy (non-hydrogen) atoms. The number of carbonyl (C=O) groups excluding carboxylic acids is 2. The number of sulfone groups is 1. The Morgan fingerprint density at radius 2 is 1.88 bits per heavy atom. The molecule has 9 heteroatoms. The minimum absolute atomic E-state index is 0.425. The zero-order valence-electron chi connectivity index (χ0n) is 13.2. The Hall–Kier alpha value is -2.13. The van der Waals surface area contributed by atoms with E-state index in [-0.39, 0.29) is 0 Å². The summed E-state index contributed by atoms with van der Waals surface area (Å²) in [6.45, 7) is 1.55. The second-order valence-corrected chi connectivity index (χ2v) is 8.32. The maximum atomic E-state index is 12.8. The molecule has 3 rings (SSSR count). The third kappa shape index (κ3) is 2.53. The second-order valence-electron chi connectivity index (χ2n) is 6.17. The smallest absolute Gasteiger partial charge is 0.325 e. The van der Waals surface area contributed by atoms with Crippen molar-refractivity contribution in [2.75, 3.05) is 18.6 Å². The van der Waals surface area contributed by atoms with Crippen LogP contribution in [0.4, 0.5) is 4.79 Å². The van der Waals surface area contributed by atoms with Gasteiger partial charge in [0.05, 0.1) is 30.8 Å². The highest BCUT2D eigenvalue weighted by Crippen LogP contribution is 2.33. The van der Waals surface area contributed by atoms with Crippen LogP contribution < -0.4 is 10.1 Å². The van der Waals surface area contributed by atoms with Gasteiger partial charge in [0.1, 0.15) is 11.3 Å². The standard InChI is InChI=1S/C15H18N2O6S/c1-15(9-3-5-10(23-2)6-4-9)13(19)17(14(20)16-15)11-7-24(21,22)8-12(11)18/h3-6,11-12,18H,7-8H2,1-2H3,(H,16,20)/t11-,12-,15+/m0/s1. The van der Waals surface area contributed by atoms with Crippen LogP contribution in [0, 0.1) is 0 Å². The summed E-state index contributed by atoms with van der Waals surface area (Å²) in [5.41, 5.74) is -0.783. The molecule has 0 bridgehead atoms. The van der Waals surface area contributed by atoms with Crippen LogP contribution in [0.1, 0.15) is 12.5 Å². The number of hydrogen-bond donors (Lipinski definition) is 2. The predicted molar refractivity (Wildman–Crippen MR) is 84.2 cm³/mol. The highest BCUT2D eigenvalue weighted by Gasteiger charge is 2.55. The second kappa shape index (κ2) is 5.45. The Bertz CT molecular complexity index is 791. The summed E-state index contributed by atoms with van der Waals surface area (Å²) in [6, 6.07) is 4.86. The van der Waals surface area contributed by atoms with Crippen LogP contribution in [0.3, 0.4) is 0 Å². The van der Waals surface area contributed by atoms with E-state index in [1.807, 2.05) is 0 Å². The molecule has 0 aliphatic carbocycles. The van der Waals surface area contributed by atoms with Gasteiger partial charge in [0.15, 0.2) is 9.84 Å². The largest absolute Gasteiger partial charge is 0.497 e. The van der Waals surface area contributed by atoms with E-state index < -0.39 is 51.0 Å². The van der Waals surface area contributed by atoms with Gasteiger partial charge in [-0.2, -0.15) is 0 Å². The third-order valence-electron chi connectivity index (χ3n) is 4.51. The van der Waals surface area contributed by atoms with E-state index in [2.05, 4.69) is 5.32 Å². The van der Waals surface area contributed by atoms with Gasteiger partial charge in [-0.3, -0.25) is 9.69 Å². The number of amides is 3. The molecular weight excluding hydrogens is 336 g/mol. The number of urea groups is 1. The Morgan fingerprint density at radius 1 is 1.25 bits per heavy atom. The molecule has 3 atom stereocenters. The number of ether oxygens (including phenoxy) is 1. The number of nitrogens with one attached hydrogen (secondary N) is 1. The average molecular weight is 354 g/mol. The van der Waals surface area contributed by atoms with E-state index in [9.17, 15) is 23.1 Å². The highest BCUT2D eigenvalue weighted by molar-refractivity contribution is 7.91. The van der Waals surface area contributed by atoms with Crippen LogP contribution in [0.5, 0.6) is 5.75 Å². The minimum atomic E-state index is -3.48. The SMILES string of the molecule is COc1ccc([C@@]2(C)NC(=O)N([C@H]3CS(=O)(=O)C[C@@H]3O)C2=O)cc1. The van der Waals surface area contributed by atoms with Gasteiger partial charge in [-0.1, -0.05) is 12.1 Å². The number of aliphatic hydroxyl groups is 1. The maximum Gasteiger partial charge on any atom is 0.325 e. The van der Waals surface area contributed by atoms with Gasteiger partial charge in [-0.05, 0) is 24.6 Å². The fraction of sp³-hybridized carbons (Fsp3) is 0.467. The molecule has 0 radical (unpaired) electrons. The Labute approximate surface area is 139 Å². The number of benzene rings is 1. The van der Waals surface area contributed by atoms with E-state index in [0.29, 0.717) is 11.3 Å². The summed E-state index contributed by atoms with van der Waals surface area (Å²) in [4.78, 5) is 26.0. The van der Waals surface area contributed by atoms with E-state index >= 15 is 0 Å². The number of rotatable bonds is 3. The topological polar surface area (TPSA) is 113 Å². The molecule has 0 spiro atoms. The zero-order chi connectivity index (χ0) is 17.7. The molecule has 0 saturated carbocycles. The normalized spacial score (nSPS) is 32.0. The van der Waals surface area contributed by atoms with Crippen molar-refractivity contribution in [2.45, 2.75) is 24.6 Å². The van der Waals surface area contributed by atoms with E-state index in [1.165, 1.54) is 7.11 Å². The number of aliphatic hydroxyl groups excluding tert-OH is 1. The molecule has 3 amide bonds. The van der Waals surface area contributed by atoms with Crippen LogP contribution in [0.15, 0.2) is 24.3 Å². The number of nitrogens with zero attached hydrogens (tertiary/aromatic N) is 1. The monoisotopic (exact) mass is 354 g/mol. The zero-order valence-corrected chi connectivity index (χ0v) is 14.0. The fourth-order valence-electron chi connectivity index (χ4n) is 3.14. The van der Waals surface area contributed by atoms with Crippen molar-refractivity contribution in [1.29, 1.82) is 0 Å². The minimum Gasteiger partial charge on any atom is -0.497 e. The van der Waals surface area contributed by atoms with Crippen molar-refractivity contribution in [2.24, 2.45) is 0 Å². The lowest BCUT2D eigenvalue weighted by molar-refractivity contribution is -0.133. The number of methoxy groups -OCH3 is 1. The molecule has 2 fully saturated rings. The number of hydrogen-bond acceptors (Lipinski definition) is 6. The predicted octanol–water partition coefficient (Wildman–Crippen LogP) is -0.380. The quantitative estimate of drug-likeness (QED) is 0.716. The molecule has 0 aromatic heterocycles. The first-order valence-electron chi connectivity index (χ1n) is 7.37. The summed E-state index contributed by atoms with van der Waals surface area (Å²) >= 11 is 0. The van der Waals surface area contributed by atoms with E-state index in [4.69, 9.17) is 4.74 Å². The van der Waals surface area contributed by atoms with Gasteiger partial charge in [0.25, 0.3) is 5.91 Å². The Balaban J connectivity index is 1.93. The summed E-state index contributed by atoms with van der Waals surface area (Å²) in [6.07, 6.45) is -1.28. The summed E-state index contributed by atoms with van der Waals surface area (Å²) in [5.74, 6) is -0.855. The molecule has 2 N–H and O–H groups in total. The van der Waals surface area contributed by atoms with Crippen LogP contribution in [-0.2, 0) is 20.2 Å². The molecule has 2 aliphatic heterocycles. The van der Waals surface area contributed by atoms with Gasteiger partial charge < -0.3 is 15.2 Å². The molecular formula is C15H18N2O6S. The van der Waals surface area contributed by atoms with Crippen molar-refractivity contribution in [1.82, 2.24) is 10.2 Å². The molecule has 8 nitrogen and oxygen atoms in total. The van der Waals surface area contributed by atoms with Crippen LogP contribution in [-0.4, -0.2) is 61.1 Å². The van der Waals surface area contributed by atoms with Crippen molar-refractivity contribution in [3.63, 3.8) is 0 Å². The summed E-state index contributed by atoms with van der Waals surface area (Å²) in [7, 11) is -1.96. The molecule has 2 saturated heterocycles. The molecule has 2 aliphatic rings. The van der Waals surface area contributed by atoms with Crippen LogP contribution in [0.2, 0.25) is 0 Å². The summed E-state index contributed by atoms with van der Waals surface area (Å²) in [5, 5.41) is 12.6. The van der Waals surface area contributed by atoms with Crippen molar-refractivity contribution >= 4 is 21.8 Å². The van der Waals surface area contributed by atoms with Crippen molar-refractivity contribution in [3.05, 3.63) is 29.8 Å². The summed E-state index contributed by atoms with van der Waals surface area (Å²) < 4.78 is 28.4. The molecule has 0 unspecified atom stereocenters. The van der Waals surface area contributed by atoms with E-state index in [0.717, 1.165) is 4.90 Å². The highest BCUT2D eigenvalue weighted by atomic mass is 32.2. The molecule has 1 aromatic rings. The molecule has 130 valence electrons. The van der Waals surface area contributed by atoms with Gasteiger partial charge in [0, 0.05) is 0 Å². The van der Waals surface area contributed by atoms with Gasteiger partial charge in [0.2, 0.25) is 0 Å². The maximum absolute atomic E-state index is 12.8.